The predicted octanol–water partition coefficient (Wildman–Crippen LogP) is 2.93. The van der Waals surface area contributed by atoms with Gasteiger partial charge in [0.2, 0.25) is 0 Å². The van der Waals surface area contributed by atoms with Crippen LogP contribution in [0.15, 0.2) is 28.7 Å². The van der Waals surface area contributed by atoms with Gasteiger partial charge in [-0.1, -0.05) is 12.1 Å². The Morgan fingerprint density at radius 3 is 2.73 bits per heavy atom. The number of carboxylic acid groups (broad SMARTS) is 1. The second-order valence-electron chi connectivity index (χ2n) is 5.92. The van der Waals surface area contributed by atoms with Crippen LogP contribution in [-0.2, 0) is 9.59 Å². The van der Waals surface area contributed by atoms with Crippen LogP contribution in [0.25, 0.3) is 0 Å². The second kappa shape index (κ2) is 6.69. The number of piperidine rings is 1. The first-order valence-corrected chi connectivity index (χ1v) is 8.06. The van der Waals surface area contributed by atoms with Crippen molar-refractivity contribution in [2.24, 2.45) is 5.41 Å². The number of ether oxygens (including phenoxy) is 1. The number of halogens is 1. The molecule has 5 nitrogen and oxygen atoms in total. The van der Waals surface area contributed by atoms with Gasteiger partial charge in [0.15, 0.2) is 6.10 Å². The number of likely N-dealkylation sites (tertiary alicyclic amines) is 1. The Hall–Kier alpha value is -1.56. The van der Waals surface area contributed by atoms with Gasteiger partial charge in [-0.2, -0.15) is 0 Å². The molecular weight excluding hydrogens is 350 g/mol. The minimum atomic E-state index is -0.874. The monoisotopic (exact) mass is 369 g/mol. The van der Waals surface area contributed by atoms with Gasteiger partial charge in [-0.05, 0) is 54.8 Å². The van der Waals surface area contributed by atoms with E-state index in [4.69, 9.17) is 4.74 Å². The highest BCUT2D eigenvalue weighted by Crippen LogP contribution is 2.31. The molecule has 1 aromatic rings. The maximum atomic E-state index is 12.5. The van der Waals surface area contributed by atoms with E-state index in [1.165, 1.54) is 0 Å². The summed E-state index contributed by atoms with van der Waals surface area (Å²) in [4.78, 5) is 25.5. The van der Waals surface area contributed by atoms with Gasteiger partial charge in [-0.15, -0.1) is 0 Å². The first kappa shape index (κ1) is 16.8. The van der Waals surface area contributed by atoms with Crippen molar-refractivity contribution in [3.8, 4) is 5.75 Å². The lowest BCUT2D eigenvalue weighted by Crippen LogP contribution is -2.51. The number of carbonyl (C=O) groups is 2. The van der Waals surface area contributed by atoms with E-state index in [1.807, 2.05) is 18.2 Å². The molecule has 1 saturated heterocycles. The van der Waals surface area contributed by atoms with Gasteiger partial charge in [-0.3, -0.25) is 9.59 Å². The molecule has 2 unspecified atom stereocenters. The average molecular weight is 370 g/mol. The van der Waals surface area contributed by atoms with E-state index in [1.54, 1.807) is 24.8 Å². The standard InChI is InChI=1S/C16H20BrNO4/c1-11(22-13-7-4-3-6-12(13)17)14(19)18-9-5-8-16(2,10-18)15(20)21/h3-4,6-7,11H,5,8-10H2,1-2H3,(H,20,21). The highest BCUT2D eigenvalue weighted by atomic mass is 79.9. The summed E-state index contributed by atoms with van der Waals surface area (Å²) in [6.45, 7) is 4.18. The van der Waals surface area contributed by atoms with Crippen LogP contribution in [-0.4, -0.2) is 41.1 Å². The third kappa shape index (κ3) is 3.61. The van der Waals surface area contributed by atoms with Crippen LogP contribution < -0.4 is 4.74 Å². The number of carbonyl (C=O) groups excluding carboxylic acids is 1. The number of amides is 1. The molecule has 0 bridgehead atoms. The predicted molar refractivity (Wildman–Crippen MR) is 85.8 cm³/mol. The third-order valence-corrected chi connectivity index (χ3v) is 4.67. The Bertz CT molecular complexity index is 577. The Kier molecular flexibility index (Phi) is 5.11. The largest absolute Gasteiger partial charge is 0.481 e. The minimum Gasteiger partial charge on any atom is -0.481 e. The van der Waals surface area contributed by atoms with E-state index >= 15 is 0 Å². The smallest absolute Gasteiger partial charge is 0.311 e. The highest BCUT2D eigenvalue weighted by molar-refractivity contribution is 9.10. The van der Waals surface area contributed by atoms with E-state index < -0.39 is 17.5 Å². The zero-order chi connectivity index (χ0) is 16.3. The highest BCUT2D eigenvalue weighted by Gasteiger charge is 2.40. The van der Waals surface area contributed by atoms with E-state index in [9.17, 15) is 14.7 Å². The maximum Gasteiger partial charge on any atom is 0.311 e. The quantitative estimate of drug-likeness (QED) is 0.885. The van der Waals surface area contributed by atoms with E-state index in [0.717, 1.165) is 4.47 Å². The molecule has 1 N–H and O–H groups in total. The van der Waals surface area contributed by atoms with Crippen molar-refractivity contribution in [1.82, 2.24) is 4.90 Å². The molecule has 1 aromatic carbocycles. The topological polar surface area (TPSA) is 66.8 Å². The molecule has 2 atom stereocenters. The zero-order valence-corrected chi connectivity index (χ0v) is 14.3. The van der Waals surface area contributed by atoms with Crippen molar-refractivity contribution >= 4 is 27.8 Å². The fourth-order valence-electron chi connectivity index (χ4n) is 2.64. The Labute approximate surface area is 138 Å². The number of para-hydroxylation sites is 1. The van der Waals surface area contributed by atoms with Crippen molar-refractivity contribution in [3.05, 3.63) is 28.7 Å². The number of aliphatic carboxylic acids is 1. The summed E-state index contributed by atoms with van der Waals surface area (Å²) in [5.74, 6) is -0.436. The summed E-state index contributed by atoms with van der Waals surface area (Å²) in [6, 6.07) is 7.33. The fraction of sp³-hybridized carbons (Fsp3) is 0.500. The van der Waals surface area contributed by atoms with Crippen LogP contribution in [0.1, 0.15) is 26.7 Å². The molecule has 0 aromatic heterocycles. The first-order valence-electron chi connectivity index (χ1n) is 7.27. The molecule has 22 heavy (non-hydrogen) atoms. The molecule has 1 amide bonds. The van der Waals surface area contributed by atoms with Gasteiger partial charge in [-0.25, -0.2) is 0 Å². The average Bonchev–Trinajstić information content (AvgIpc) is 2.48. The minimum absolute atomic E-state index is 0.178. The molecule has 0 saturated carbocycles. The summed E-state index contributed by atoms with van der Waals surface area (Å²) >= 11 is 3.38. The number of hydrogen-bond acceptors (Lipinski definition) is 3. The molecule has 1 aliphatic rings. The molecule has 120 valence electrons. The van der Waals surface area contributed by atoms with Gasteiger partial charge in [0.1, 0.15) is 5.75 Å². The first-order chi connectivity index (χ1) is 10.3. The number of nitrogens with zero attached hydrogens (tertiary/aromatic N) is 1. The molecule has 0 radical (unpaired) electrons. The lowest BCUT2D eigenvalue weighted by Gasteiger charge is -2.38. The van der Waals surface area contributed by atoms with E-state index in [-0.39, 0.29) is 12.5 Å². The Morgan fingerprint density at radius 1 is 1.41 bits per heavy atom. The van der Waals surface area contributed by atoms with Gasteiger partial charge < -0.3 is 14.7 Å². The van der Waals surface area contributed by atoms with Gasteiger partial charge in [0.25, 0.3) is 5.91 Å². The summed E-state index contributed by atoms with van der Waals surface area (Å²) in [5, 5.41) is 9.33. The molecule has 6 heteroatoms. The maximum absolute atomic E-state index is 12.5. The van der Waals surface area contributed by atoms with Crippen molar-refractivity contribution in [2.45, 2.75) is 32.8 Å². The molecule has 1 fully saturated rings. The lowest BCUT2D eigenvalue weighted by atomic mass is 9.82. The normalized spacial score (nSPS) is 23.0. The molecule has 0 aliphatic carbocycles. The van der Waals surface area contributed by atoms with E-state index in [0.29, 0.717) is 25.1 Å². The van der Waals surface area contributed by atoms with Crippen LogP contribution in [0.4, 0.5) is 0 Å². The van der Waals surface area contributed by atoms with Crippen LogP contribution in [0.5, 0.6) is 5.75 Å². The summed E-state index contributed by atoms with van der Waals surface area (Å²) < 4.78 is 6.48. The second-order valence-corrected chi connectivity index (χ2v) is 6.77. The molecular formula is C16H20BrNO4. The number of carboxylic acids is 1. The van der Waals surface area contributed by atoms with Crippen LogP contribution in [0, 0.1) is 5.41 Å². The van der Waals surface area contributed by atoms with Crippen molar-refractivity contribution < 1.29 is 19.4 Å². The number of hydrogen-bond donors (Lipinski definition) is 1. The van der Waals surface area contributed by atoms with Gasteiger partial charge in [0.05, 0.1) is 9.89 Å². The zero-order valence-electron chi connectivity index (χ0n) is 12.7. The number of rotatable bonds is 4. The Balaban J connectivity index is 2.04. The lowest BCUT2D eigenvalue weighted by molar-refractivity contribution is -0.155. The van der Waals surface area contributed by atoms with Crippen molar-refractivity contribution in [2.75, 3.05) is 13.1 Å². The molecule has 1 heterocycles. The van der Waals surface area contributed by atoms with Crippen molar-refractivity contribution in [3.63, 3.8) is 0 Å². The van der Waals surface area contributed by atoms with Gasteiger partial charge in [0, 0.05) is 13.1 Å². The summed E-state index contributed by atoms with van der Waals surface area (Å²) in [5.41, 5.74) is -0.874. The number of benzene rings is 1. The summed E-state index contributed by atoms with van der Waals surface area (Å²) in [6.07, 6.45) is 0.622. The molecule has 1 aliphatic heterocycles. The molecule has 0 spiro atoms. The SMILES string of the molecule is CC(Oc1ccccc1Br)C(=O)N1CCCC(C)(C(=O)O)C1. The summed E-state index contributed by atoms with van der Waals surface area (Å²) in [7, 11) is 0. The van der Waals surface area contributed by atoms with Crippen molar-refractivity contribution in [1.29, 1.82) is 0 Å². The Morgan fingerprint density at radius 2 is 2.09 bits per heavy atom. The van der Waals surface area contributed by atoms with Crippen LogP contribution in [0.3, 0.4) is 0 Å². The van der Waals surface area contributed by atoms with E-state index in [2.05, 4.69) is 15.9 Å². The van der Waals surface area contributed by atoms with Crippen LogP contribution >= 0.6 is 15.9 Å². The van der Waals surface area contributed by atoms with Crippen LogP contribution in [0.2, 0.25) is 0 Å². The fourth-order valence-corrected chi connectivity index (χ4v) is 3.02. The molecule has 2 rings (SSSR count). The van der Waals surface area contributed by atoms with Gasteiger partial charge >= 0.3 is 5.97 Å². The third-order valence-electron chi connectivity index (χ3n) is 4.01.